The second-order valence-corrected chi connectivity index (χ2v) is 5.30. The molecule has 8 heteroatoms. The van der Waals surface area contributed by atoms with E-state index in [4.69, 9.17) is 5.73 Å². The molecule has 2 heterocycles. The minimum absolute atomic E-state index is 0.0606. The molecule has 0 saturated carbocycles. The molecule has 0 spiro atoms. The minimum Gasteiger partial charge on any atom is -0.382 e. The number of nitrogen functional groups attached to an aromatic ring is 1. The molecule has 2 amide bonds. The number of hydrogen-bond donors (Lipinski definition) is 2. The van der Waals surface area contributed by atoms with Crippen LogP contribution >= 0.6 is 11.3 Å². The van der Waals surface area contributed by atoms with Crippen molar-refractivity contribution < 1.29 is 9.59 Å². The molecule has 3 N–H and O–H groups in total. The molecule has 1 aromatic heterocycles. The van der Waals surface area contributed by atoms with Crippen LogP contribution in [0.25, 0.3) is 0 Å². The van der Waals surface area contributed by atoms with Crippen LogP contribution in [0.2, 0.25) is 0 Å². The highest BCUT2D eigenvalue weighted by Crippen LogP contribution is 2.26. The van der Waals surface area contributed by atoms with E-state index in [0.29, 0.717) is 29.6 Å². The van der Waals surface area contributed by atoms with Crippen molar-refractivity contribution in [1.29, 1.82) is 0 Å². The van der Waals surface area contributed by atoms with E-state index in [0.717, 1.165) is 0 Å². The standard InChI is InChI=1S/C11H17N5O2S/c1-3-13-11-14-9(12)8(19-11)10(18)16-5-4-15(2)7(17)6-16/h3-6,12H2,1-2H3,(H,13,14). The summed E-state index contributed by atoms with van der Waals surface area (Å²) in [5.74, 6) is -0.0625. The quantitative estimate of drug-likeness (QED) is 0.819. The molecule has 0 aromatic carbocycles. The highest BCUT2D eigenvalue weighted by molar-refractivity contribution is 7.18. The first kappa shape index (κ1) is 13.6. The number of amides is 2. The second-order valence-electron chi connectivity index (χ2n) is 4.31. The van der Waals surface area contributed by atoms with Crippen LogP contribution in [0.15, 0.2) is 0 Å². The maximum absolute atomic E-state index is 12.3. The van der Waals surface area contributed by atoms with E-state index >= 15 is 0 Å². The van der Waals surface area contributed by atoms with Crippen LogP contribution < -0.4 is 11.1 Å². The van der Waals surface area contributed by atoms with E-state index < -0.39 is 0 Å². The van der Waals surface area contributed by atoms with Crippen molar-refractivity contribution in [2.75, 3.05) is 44.3 Å². The van der Waals surface area contributed by atoms with Crippen LogP contribution in [0.1, 0.15) is 16.6 Å². The number of rotatable bonds is 3. The normalized spacial score (nSPS) is 15.8. The summed E-state index contributed by atoms with van der Waals surface area (Å²) in [6, 6.07) is 0. The monoisotopic (exact) mass is 283 g/mol. The molecule has 1 aliphatic heterocycles. The van der Waals surface area contributed by atoms with Crippen LogP contribution in [0.5, 0.6) is 0 Å². The topological polar surface area (TPSA) is 91.6 Å². The van der Waals surface area contributed by atoms with E-state index in [9.17, 15) is 9.59 Å². The fourth-order valence-corrected chi connectivity index (χ4v) is 2.71. The van der Waals surface area contributed by atoms with Gasteiger partial charge in [-0.1, -0.05) is 11.3 Å². The van der Waals surface area contributed by atoms with Gasteiger partial charge < -0.3 is 20.9 Å². The summed E-state index contributed by atoms with van der Waals surface area (Å²) in [5, 5.41) is 3.65. The first-order chi connectivity index (χ1) is 9.02. The van der Waals surface area contributed by atoms with Crippen molar-refractivity contribution in [3.05, 3.63) is 4.88 Å². The lowest BCUT2D eigenvalue weighted by molar-refractivity contribution is -0.133. The number of carbonyl (C=O) groups is 2. The minimum atomic E-state index is -0.222. The molecule has 0 atom stereocenters. The Morgan fingerprint density at radius 1 is 1.53 bits per heavy atom. The Hall–Kier alpha value is -1.83. The van der Waals surface area contributed by atoms with Crippen LogP contribution in [0.3, 0.4) is 0 Å². The van der Waals surface area contributed by atoms with E-state index in [1.807, 2.05) is 6.92 Å². The zero-order chi connectivity index (χ0) is 14.0. The molecule has 7 nitrogen and oxygen atoms in total. The third-order valence-corrected chi connectivity index (χ3v) is 3.94. The first-order valence-corrected chi connectivity index (χ1v) is 6.88. The van der Waals surface area contributed by atoms with Gasteiger partial charge in [0.2, 0.25) is 5.91 Å². The summed E-state index contributed by atoms with van der Waals surface area (Å²) in [6.07, 6.45) is 0. The van der Waals surface area contributed by atoms with Gasteiger partial charge in [0.05, 0.1) is 0 Å². The maximum atomic E-state index is 12.3. The number of hydrogen-bond acceptors (Lipinski definition) is 6. The lowest BCUT2D eigenvalue weighted by Gasteiger charge is -2.31. The average molecular weight is 283 g/mol. The van der Waals surface area contributed by atoms with Gasteiger partial charge in [0, 0.05) is 26.7 Å². The number of aromatic nitrogens is 1. The Labute approximate surface area is 115 Å². The van der Waals surface area contributed by atoms with Crippen molar-refractivity contribution in [1.82, 2.24) is 14.8 Å². The van der Waals surface area contributed by atoms with Crippen LogP contribution in [0, 0.1) is 0 Å². The number of nitrogens with one attached hydrogen (secondary N) is 1. The van der Waals surface area contributed by atoms with E-state index in [1.165, 1.54) is 16.2 Å². The zero-order valence-corrected chi connectivity index (χ0v) is 11.8. The number of nitrogens with zero attached hydrogens (tertiary/aromatic N) is 3. The van der Waals surface area contributed by atoms with Crippen molar-refractivity contribution in [3.63, 3.8) is 0 Å². The second kappa shape index (κ2) is 5.43. The van der Waals surface area contributed by atoms with E-state index in [2.05, 4.69) is 10.3 Å². The number of anilines is 2. The fraction of sp³-hybridized carbons (Fsp3) is 0.545. The Morgan fingerprint density at radius 3 is 2.89 bits per heavy atom. The molecular formula is C11H17N5O2S. The number of likely N-dealkylation sites (N-methyl/N-ethyl adjacent to an activating group) is 1. The first-order valence-electron chi connectivity index (χ1n) is 6.06. The molecule has 1 aromatic rings. The van der Waals surface area contributed by atoms with Gasteiger partial charge >= 0.3 is 0 Å². The number of nitrogens with two attached hydrogens (primary N) is 1. The van der Waals surface area contributed by atoms with E-state index in [-0.39, 0.29) is 24.2 Å². The smallest absolute Gasteiger partial charge is 0.268 e. The molecule has 1 fully saturated rings. The van der Waals surface area contributed by atoms with Gasteiger partial charge in [0.1, 0.15) is 17.2 Å². The highest BCUT2D eigenvalue weighted by Gasteiger charge is 2.28. The van der Waals surface area contributed by atoms with Gasteiger partial charge in [-0.2, -0.15) is 0 Å². The lowest BCUT2D eigenvalue weighted by Crippen LogP contribution is -2.50. The zero-order valence-electron chi connectivity index (χ0n) is 11.0. The van der Waals surface area contributed by atoms with E-state index in [1.54, 1.807) is 11.9 Å². The average Bonchev–Trinajstić information content (AvgIpc) is 2.73. The predicted molar refractivity (Wildman–Crippen MR) is 74.2 cm³/mol. The molecule has 104 valence electrons. The summed E-state index contributed by atoms with van der Waals surface area (Å²) in [5.41, 5.74) is 5.76. The largest absolute Gasteiger partial charge is 0.382 e. The van der Waals surface area contributed by atoms with Gasteiger partial charge in [-0.15, -0.1) is 0 Å². The van der Waals surface area contributed by atoms with Crippen molar-refractivity contribution in [3.8, 4) is 0 Å². The van der Waals surface area contributed by atoms with Crippen molar-refractivity contribution in [2.24, 2.45) is 0 Å². The summed E-state index contributed by atoms with van der Waals surface area (Å²) < 4.78 is 0. The van der Waals surface area contributed by atoms with Gasteiger partial charge in [0.15, 0.2) is 5.13 Å². The molecule has 1 saturated heterocycles. The maximum Gasteiger partial charge on any atom is 0.268 e. The SMILES string of the molecule is CCNc1nc(N)c(C(=O)N2CCN(C)C(=O)C2)s1. The van der Waals surface area contributed by atoms with Crippen LogP contribution in [-0.4, -0.2) is 59.8 Å². The molecule has 0 unspecified atom stereocenters. The third-order valence-electron chi connectivity index (χ3n) is 2.92. The van der Waals surface area contributed by atoms with Crippen LogP contribution in [-0.2, 0) is 4.79 Å². The molecule has 0 bridgehead atoms. The molecule has 0 radical (unpaired) electrons. The summed E-state index contributed by atoms with van der Waals surface area (Å²) in [6.45, 7) is 3.83. The van der Waals surface area contributed by atoms with Crippen LogP contribution in [0.4, 0.5) is 10.9 Å². The summed E-state index contributed by atoms with van der Waals surface area (Å²) in [7, 11) is 1.73. The van der Waals surface area contributed by atoms with Gasteiger partial charge in [-0.3, -0.25) is 9.59 Å². The molecule has 1 aliphatic rings. The Kier molecular flexibility index (Phi) is 3.89. The molecule has 2 rings (SSSR count). The van der Waals surface area contributed by atoms with Gasteiger partial charge in [0.25, 0.3) is 5.91 Å². The Morgan fingerprint density at radius 2 is 2.26 bits per heavy atom. The Bertz CT molecular complexity index is 501. The van der Waals surface area contributed by atoms with Gasteiger partial charge in [-0.05, 0) is 6.92 Å². The summed E-state index contributed by atoms with van der Waals surface area (Å²) in [4.78, 5) is 31.5. The Balaban J connectivity index is 2.13. The predicted octanol–water partition coefficient (Wildman–Crippen LogP) is 0.0713. The number of carbonyl (C=O) groups excluding carboxylic acids is 2. The number of piperazine rings is 1. The van der Waals surface area contributed by atoms with Gasteiger partial charge in [-0.25, -0.2) is 4.98 Å². The molecule has 19 heavy (non-hydrogen) atoms. The number of thiazole rings is 1. The van der Waals surface area contributed by atoms with Crippen molar-refractivity contribution in [2.45, 2.75) is 6.92 Å². The molecule has 0 aliphatic carbocycles. The summed E-state index contributed by atoms with van der Waals surface area (Å²) >= 11 is 1.22. The third kappa shape index (κ3) is 2.78. The van der Waals surface area contributed by atoms with Crippen molar-refractivity contribution >= 4 is 34.1 Å². The lowest BCUT2D eigenvalue weighted by atomic mass is 10.3. The highest BCUT2D eigenvalue weighted by atomic mass is 32.1. The fourth-order valence-electron chi connectivity index (χ4n) is 1.79. The molecular weight excluding hydrogens is 266 g/mol.